The molecular formula is C33H37N3O4S. The molecule has 6 rings (SSSR count). The Morgan fingerprint density at radius 1 is 1.00 bits per heavy atom. The molecule has 3 N–H and O–H groups in total. The number of hydrogen-bond acceptors (Lipinski definition) is 5. The van der Waals surface area contributed by atoms with Crippen LogP contribution in [-0.2, 0) is 20.9 Å². The van der Waals surface area contributed by atoms with Crippen molar-refractivity contribution in [2.45, 2.75) is 61.7 Å². The van der Waals surface area contributed by atoms with Crippen molar-refractivity contribution in [2.24, 2.45) is 17.8 Å². The van der Waals surface area contributed by atoms with Crippen molar-refractivity contribution in [3.05, 3.63) is 78.4 Å². The zero-order valence-electron chi connectivity index (χ0n) is 23.7. The lowest BCUT2D eigenvalue weighted by atomic mass is 9.66. The van der Waals surface area contributed by atoms with Crippen molar-refractivity contribution in [3.63, 3.8) is 0 Å². The average molecular weight is 572 g/mol. The Labute approximate surface area is 245 Å². The second-order valence-corrected chi connectivity index (χ2v) is 14.1. The van der Waals surface area contributed by atoms with Gasteiger partial charge in [0.15, 0.2) is 0 Å². The van der Waals surface area contributed by atoms with Crippen molar-refractivity contribution in [3.8, 4) is 0 Å². The second-order valence-electron chi connectivity index (χ2n) is 12.2. The number of nitrogens with one attached hydrogen (secondary N) is 2. The molecule has 3 aliphatic heterocycles. The fraction of sp³-hybridized carbons (Fsp3) is 0.424. The minimum absolute atomic E-state index is 0.0710. The van der Waals surface area contributed by atoms with Crippen LogP contribution in [0, 0.1) is 17.8 Å². The molecule has 3 saturated heterocycles. The van der Waals surface area contributed by atoms with E-state index in [1.165, 1.54) is 0 Å². The topological polar surface area (TPSA) is 98.7 Å². The van der Waals surface area contributed by atoms with E-state index in [0.717, 1.165) is 22.8 Å². The molecule has 0 aromatic heterocycles. The third kappa shape index (κ3) is 4.52. The van der Waals surface area contributed by atoms with Crippen molar-refractivity contribution in [1.29, 1.82) is 0 Å². The first-order chi connectivity index (χ1) is 19.7. The highest BCUT2D eigenvalue weighted by Crippen LogP contribution is 2.71. The number of carbonyl (C=O) groups excluding carboxylic acids is 3. The number of hydrogen-bond donors (Lipinski definition) is 3. The van der Waals surface area contributed by atoms with Crippen molar-refractivity contribution in [2.75, 3.05) is 11.9 Å². The van der Waals surface area contributed by atoms with E-state index in [1.54, 1.807) is 16.7 Å². The maximum absolute atomic E-state index is 14.4. The smallest absolute Gasteiger partial charge is 0.248 e. The van der Waals surface area contributed by atoms with E-state index < -0.39 is 33.4 Å². The molecule has 3 heterocycles. The van der Waals surface area contributed by atoms with E-state index in [1.807, 2.05) is 86.6 Å². The van der Waals surface area contributed by atoms with Crippen molar-refractivity contribution >= 4 is 45.9 Å². The van der Waals surface area contributed by atoms with Crippen LogP contribution in [0.15, 0.2) is 72.8 Å². The summed E-state index contributed by atoms with van der Waals surface area (Å²) in [5.41, 5.74) is 1.65. The summed E-state index contributed by atoms with van der Waals surface area (Å²) in [5.74, 6) is -1.89. The lowest BCUT2D eigenvalue weighted by Gasteiger charge is -2.38. The second kappa shape index (κ2) is 10.5. The number of aliphatic hydroxyl groups is 1. The third-order valence-corrected chi connectivity index (χ3v) is 11.4. The summed E-state index contributed by atoms with van der Waals surface area (Å²) < 4.78 is -1.20. The molecule has 3 aromatic carbocycles. The number of aliphatic hydroxyl groups excluding tert-OH is 1. The van der Waals surface area contributed by atoms with Gasteiger partial charge in [-0.1, -0.05) is 74.5 Å². The number of thioether (sulfide) groups is 1. The quantitative estimate of drug-likeness (QED) is 0.367. The first-order valence-electron chi connectivity index (χ1n) is 14.4. The number of fused-ring (bicyclic) bond motifs is 2. The fourth-order valence-corrected chi connectivity index (χ4v) is 9.76. The van der Waals surface area contributed by atoms with Gasteiger partial charge >= 0.3 is 0 Å². The van der Waals surface area contributed by atoms with E-state index in [9.17, 15) is 19.5 Å². The predicted molar refractivity (Wildman–Crippen MR) is 162 cm³/mol. The number of nitrogens with zero attached hydrogens (tertiary/aromatic N) is 1. The number of anilines is 1. The van der Waals surface area contributed by atoms with Crippen LogP contribution in [0.3, 0.4) is 0 Å². The van der Waals surface area contributed by atoms with Gasteiger partial charge in [0.2, 0.25) is 17.7 Å². The molecule has 6 atom stereocenters. The Kier molecular flexibility index (Phi) is 7.10. The highest BCUT2D eigenvalue weighted by molar-refractivity contribution is 8.02. The van der Waals surface area contributed by atoms with E-state index >= 15 is 0 Å². The van der Waals surface area contributed by atoms with Crippen LogP contribution in [0.5, 0.6) is 0 Å². The summed E-state index contributed by atoms with van der Waals surface area (Å²) in [5, 5.41) is 18.7. The lowest BCUT2D eigenvalue weighted by molar-refractivity contribution is -0.143. The molecule has 3 aliphatic rings. The van der Waals surface area contributed by atoms with Gasteiger partial charge in [0, 0.05) is 17.0 Å². The number of rotatable bonds is 8. The zero-order chi connectivity index (χ0) is 28.9. The summed E-state index contributed by atoms with van der Waals surface area (Å²) in [7, 11) is 0. The van der Waals surface area contributed by atoms with Gasteiger partial charge < -0.3 is 20.6 Å². The maximum Gasteiger partial charge on any atom is 0.248 e. The van der Waals surface area contributed by atoms with E-state index in [-0.39, 0.29) is 30.2 Å². The molecule has 2 bridgehead atoms. The number of likely N-dealkylation sites (tertiary alicyclic amines) is 1. The SMILES string of the molecule is CC(C)[C@H](CO)N1C(=O)[C@@H]2[C@H](C(=O)NCc3ccccc3)[C@]3(C)CCC2(S3)C1C(=O)Nc1ccc2ccccc2c1. The molecule has 3 fully saturated rings. The molecule has 0 saturated carbocycles. The molecule has 3 amide bonds. The summed E-state index contributed by atoms with van der Waals surface area (Å²) >= 11 is 1.64. The molecule has 0 radical (unpaired) electrons. The summed E-state index contributed by atoms with van der Waals surface area (Å²) in [6.07, 6.45) is 1.40. The first kappa shape index (κ1) is 27.8. The Hall–Kier alpha value is -3.36. The van der Waals surface area contributed by atoms with Gasteiger partial charge in [0.1, 0.15) is 6.04 Å². The molecule has 7 nitrogen and oxygen atoms in total. The van der Waals surface area contributed by atoms with Crippen LogP contribution in [0.4, 0.5) is 5.69 Å². The van der Waals surface area contributed by atoms with Crippen molar-refractivity contribution in [1.82, 2.24) is 10.2 Å². The largest absolute Gasteiger partial charge is 0.394 e. The Bertz CT molecular complexity index is 1500. The van der Waals surface area contributed by atoms with Gasteiger partial charge in [-0.25, -0.2) is 0 Å². The van der Waals surface area contributed by atoms with Gasteiger partial charge in [-0.15, -0.1) is 11.8 Å². The highest BCUT2D eigenvalue weighted by Gasteiger charge is 2.77. The van der Waals surface area contributed by atoms with Gasteiger partial charge in [-0.2, -0.15) is 0 Å². The van der Waals surface area contributed by atoms with Crippen LogP contribution >= 0.6 is 11.8 Å². The monoisotopic (exact) mass is 571 g/mol. The van der Waals surface area contributed by atoms with Gasteiger partial charge in [-0.3, -0.25) is 14.4 Å². The Morgan fingerprint density at radius 3 is 2.41 bits per heavy atom. The van der Waals surface area contributed by atoms with E-state index in [2.05, 4.69) is 17.6 Å². The molecule has 1 spiro atoms. The van der Waals surface area contributed by atoms with Crippen LogP contribution in [0.2, 0.25) is 0 Å². The number of benzene rings is 3. The van der Waals surface area contributed by atoms with Crippen LogP contribution in [-0.4, -0.2) is 55.9 Å². The van der Waals surface area contributed by atoms with Crippen molar-refractivity contribution < 1.29 is 19.5 Å². The zero-order valence-corrected chi connectivity index (χ0v) is 24.5. The van der Waals surface area contributed by atoms with Gasteiger partial charge in [-0.05, 0) is 54.2 Å². The predicted octanol–water partition coefficient (Wildman–Crippen LogP) is 4.59. The molecule has 0 aliphatic carbocycles. The molecule has 41 heavy (non-hydrogen) atoms. The van der Waals surface area contributed by atoms with Gasteiger partial charge in [0.25, 0.3) is 0 Å². The lowest BCUT2D eigenvalue weighted by Crippen LogP contribution is -2.56. The number of amides is 3. The summed E-state index contributed by atoms with van der Waals surface area (Å²) in [6.45, 7) is 6.10. The Balaban J connectivity index is 1.35. The Morgan fingerprint density at radius 2 is 1.71 bits per heavy atom. The third-order valence-electron chi connectivity index (χ3n) is 9.39. The highest BCUT2D eigenvalue weighted by atomic mass is 32.2. The first-order valence-corrected chi connectivity index (χ1v) is 15.2. The van der Waals surface area contributed by atoms with Crippen LogP contribution in [0.25, 0.3) is 10.8 Å². The standard InChI is InChI=1S/C33H37N3O4S/c1-20(2)25(19-37)36-28(30(39)35-24-14-13-22-11-7-8-12-23(22)17-24)33-16-15-32(3,41-33)26(27(33)31(36)40)29(38)34-18-21-9-5-4-6-10-21/h4-14,17,20,25-28,37H,15-16,18-19H2,1-3H3,(H,34,38)(H,35,39)/t25-,26+,27-,28?,32-,33?/m0/s1. The summed E-state index contributed by atoms with van der Waals surface area (Å²) in [4.78, 5) is 44.1. The van der Waals surface area contributed by atoms with E-state index in [0.29, 0.717) is 18.7 Å². The molecule has 3 aromatic rings. The molecular weight excluding hydrogens is 534 g/mol. The minimum Gasteiger partial charge on any atom is -0.394 e. The summed E-state index contributed by atoms with van der Waals surface area (Å²) in [6, 6.07) is 22.1. The molecule has 8 heteroatoms. The normalized spacial score (nSPS) is 29.1. The van der Waals surface area contributed by atoms with Crippen LogP contribution < -0.4 is 10.6 Å². The number of carbonyl (C=O) groups is 3. The molecule has 2 unspecified atom stereocenters. The average Bonchev–Trinajstić information content (AvgIpc) is 3.53. The van der Waals surface area contributed by atoms with Gasteiger partial charge in [0.05, 0.1) is 29.2 Å². The van der Waals surface area contributed by atoms with E-state index in [4.69, 9.17) is 0 Å². The molecule has 214 valence electrons. The van der Waals surface area contributed by atoms with Crippen LogP contribution in [0.1, 0.15) is 39.2 Å². The minimum atomic E-state index is -0.801. The maximum atomic E-state index is 14.4. The fourth-order valence-electron chi connectivity index (χ4n) is 7.41.